The molecule has 0 aromatic heterocycles. The summed E-state index contributed by atoms with van der Waals surface area (Å²) in [4.78, 5) is 12.9. The van der Waals surface area contributed by atoms with Crippen LogP contribution in [-0.2, 0) is 4.74 Å². The SMILES string of the molecule is CC(C)(C)C1CC2CCC(C1)N2C(=O)OC(F)(F)F. The monoisotopic (exact) mass is 279 g/mol. The summed E-state index contributed by atoms with van der Waals surface area (Å²) in [6.07, 6.45) is -3.02. The second kappa shape index (κ2) is 4.56. The minimum atomic E-state index is -4.89. The zero-order valence-corrected chi connectivity index (χ0v) is 11.5. The van der Waals surface area contributed by atoms with Gasteiger partial charge >= 0.3 is 12.5 Å². The summed E-state index contributed by atoms with van der Waals surface area (Å²) in [6, 6.07) is -0.198. The van der Waals surface area contributed by atoms with Gasteiger partial charge in [-0.25, -0.2) is 4.79 Å². The van der Waals surface area contributed by atoms with Gasteiger partial charge in [0, 0.05) is 12.1 Å². The van der Waals surface area contributed by atoms with Crippen molar-refractivity contribution in [3.05, 3.63) is 0 Å². The van der Waals surface area contributed by atoms with Gasteiger partial charge in [-0.15, -0.1) is 13.2 Å². The molecular formula is C13H20F3NO2. The summed E-state index contributed by atoms with van der Waals surface area (Å²) in [7, 11) is 0. The van der Waals surface area contributed by atoms with Crippen molar-refractivity contribution in [3.8, 4) is 0 Å². The number of ether oxygens (including phenoxy) is 1. The third-order valence-corrected chi connectivity index (χ3v) is 4.37. The van der Waals surface area contributed by atoms with Crippen LogP contribution in [0.1, 0.15) is 46.5 Å². The van der Waals surface area contributed by atoms with Crippen LogP contribution in [0.25, 0.3) is 0 Å². The third kappa shape index (κ3) is 3.15. The molecule has 2 heterocycles. The van der Waals surface area contributed by atoms with E-state index in [9.17, 15) is 18.0 Å². The molecule has 0 N–H and O–H groups in total. The summed E-state index contributed by atoms with van der Waals surface area (Å²) in [6.45, 7) is 6.42. The summed E-state index contributed by atoms with van der Waals surface area (Å²) < 4.78 is 40.0. The predicted molar refractivity (Wildman–Crippen MR) is 63.4 cm³/mol. The molecule has 0 spiro atoms. The van der Waals surface area contributed by atoms with Gasteiger partial charge in [0.25, 0.3) is 0 Å². The van der Waals surface area contributed by atoms with Crippen LogP contribution < -0.4 is 0 Å². The minimum absolute atomic E-state index is 0.0992. The van der Waals surface area contributed by atoms with Crippen LogP contribution in [0, 0.1) is 11.3 Å². The lowest BCUT2D eigenvalue weighted by Crippen LogP contribution is -2.49. The Morgan fingerprint density at radius 1 is 1.11 bits per heavy atom. The van der Waals surface area contributed by atoms with Gasteiger partial charge in [0.15, 0.2) is 0 Å². The summed E-state index contributed by atoms with van der Waals surface area (Å²) in [5.74, 6) is 0.444. The summed E-state index contributed by atoms with van der Waals surface area (Å²) >= 11 is 0. The first kappa shape index (κ1) is 14.5. The number of hydrogen-bond donors (Lipinski definition) is 0. The van der Waals surface area contributed by atoms with Crippen molar-refractivity contribution in [2.75, 3.05) is 0 Å². The van der Waals surface area contributed by atoms with E-state index in [1.54, 1.807) is 0 Å². The fourth-order valence-electron chi connectivity index (χ4n) is 3.33. The van der Waals surface area contributed by atoms with E-state index in [0.29, 0.717) is 5.92 Å². The van der Waals surface area contributed by atoms with Crippen molar-refractivity contribution in [1.82, 2.24) is 4.90 Å². The van der Waals surface area contributed by atoms with Crippen molar-refractivity contribution in [2.24, 2.45) is 11.3 Å². The highest BCUT2D eigenvalue weighted by atomic mass is 19.4. The molecule has 2 aliphatic heterocycles. The third-order valence-electron chi connectivity index (χ3n) is 4.37. The molecule has 2 unspecified atom stereocenters. The minimum Gasteiger partial charge on any atom is -0.356 e. The van der Waals surface area contributed by atoms with E-state index in [1.807, 2.05) is 0 Å². The van der Waals surface area contributed by atoms with Crippen LogP contribution in [0.5, 0.6) is 0 Å². The fraction of sp³-hybridized carbons (Fsp3) is 0.923. The molecule has 0 aromatic carbocycles. The normalized spacial score (nSPS) is 31.5. The quantitative estimate of drug-likeness (QED) is 0.672. The van der Waals surface area contributed by atoms with E-state index in [0.717, 1.165) is 25.7 Å². The second-order valence-corrected chi connectivity index (χ2v) is 6.64. The van der Waals surface area contributed by atoms with E-state index in [4.69, 9.17) is 0 Å². The number of rotatable bonds is 0. The molecule has 2 bridgehead atoms. The largest absolute Gasteiger partial charge is 0.576 e. The molecule has 6 heteroatoms. The Labute approximate surface area is 111 Å². The maximum absolute atomic E-state index is 12.1. The molecular weight excluding hydrogens is 259 g/mol. The Bertz CT molecular complexity index is 348. The number of alkyl halides is 3. The number of amides is 1. The van der Waals surface area contributed by atoms with Crippen LogP contribution in [0.4, 0.5) is 18.0 Å². The first-order chi connectivity index (χ1) is 8.58. The zero-order valence-electron chi connectivity index (χ0n) is 11.5. The van der Waals surface area contributed by atoms with Crippen LogP contribution in [-0.4, -0.2) is 29.4 Å². The summed E-state index contributed by atoms with van der Waals surface area (Å²) in [5.41, 5.74) is 0.126. The van der Waals surface area contributed by atoms with E-state index in [2.05, 4.69) is 25.5 Å². The molecule has 0 saturated carbocycles. The van der Waals surface area contributed by atoms with Crippen molar-refractivity contribution < 1.29 is 22.7 Å². The molecule has 2 saturated heterocycles. The Morgan fingerprint density at radius 3 is 1.95 bits per heavy atom. The van der Waals surface area contributed by atoms with Crippen LogP contribution in [0.2, 0.25) is 0 Å². The van der Waals surface area contributed by atoms with Crippen molar-refractivity contribution >= 4 is 6.09 Å². The molecule has 2 fully saturated rings. The van der Waals surface area contributed by atoms with Gasteiger partial charge in [-0.3, -0.25) is 0 Å². The molecule has 0 aromatic rings. The van der Waals surface area contributed by atoms with Gasteiger partial charge in [-0.05, 0) is 37.0 Å². The van der Waals surface area contributed by atoms with E-state index >= 15 is 0 Å². The lowest BCUT2D eigenvalue weighted by atomic mass is 9.73. The molecule has 3 nitrogen and oxygen atoms in total. The van der Waals surface area contributed by atoms with Crippen molar-refractivity contribution in [3.63, 3.8) is 0 Å². The molecule has 19 heavy (non-hydrogen) atoms. The van der Waals surface area contributed by atoms with Crippen LogP contribution in [0.15, 0.2) is 0 Å². The van der Waals surface area contributed by atoms with Crippen molar-refractivity contribution in [1.29, 1.82) is 0 Å². The highest BCUT2D eigenvalue weighted by molar-refractivity contribution is 5.69. The maximum Gasteiger partial charge on any atom is 0.576 e. The van der Waals surface area contributed by atoms with E-state index in [-0.39, 0.29) is 17.5 Å². The molecule has 2 atom stereocenters. The Morgan fingerprint density at radius 2 is 1.58 bits per heavy atom. The van der Waals surface area contributed by atoms with Crippen molar-refractivity contribution in [2.45, 2.75) is 64.9 Å². The van der Waals surface area contributed by atoms with Crippen LogP contribution >= 0.6 is 0 Å². The number of halogens is 3. The second-order valence-electron chi connectivity index (χ2n) is 6.64. The number of hydrogen-bond acceptors (Lipinski definition) is 2. The highest BCUT2D eigenvalue weighted by Crippen LogP contribution is 2.45. The lowest BCUT2D eigenvalue weighted by molar-refractivity contribution is -0.296. The fourth-order valence-corrected chi connectivity index (χ4v) is 3.33. The zero-order chi connectivity index (χ0) is 14.4. The van der Waals surface area contributed by atoms with Crippen LogP contribution in [0.3, 0.4) is 0 Å². The lowest BCUT2D eigenvalue weighted by Gasteiger charge is -2.43. The standard InChI is InChI=1S/C13H20F3NO2/c1-12(2,3)8-6-9-4-5-10(7-8)17(9)11(18)19-13(14,15)16/h8-10H,4-7H2,1-3H3. The maximum atomic E-state index is 12.1. The number of piperidine rings is 1. The molecule has 0 radical (unpaired) electrons. The van der Waals surface area contributed by atoms with E-state index in [1.165, 1.54) is 4.90 Å². The molecule has 0 aliphatic carbocycles. The first-order valence-corrected chi connectivity index (χ1v) is 6.66. The average Bonchev–Trinajstić information content (AvgIpc) is 2.45. The van der Waals surface area contributed by atoms with E-state index < -0.39 is 12.5 Å². The number of fused-ring (bicyclic) bond motifs is 2. The number of carbonyl (C=O) groups is 1. The first-order valence-electron chi connectivity index (χ1n) is 6.66. The smallest absolute Gasteiger partial charge is 0.356 e. The number of carbonyl (C=O) groups excluding carboxylic acids is 1. The van der Waals surface area contributed by atoms with Gasteiger partial charge in [-0.1, -0.05) is 20.8 Å². The summed E-state index contributed by atoms with van der Waals surface area (Å²) in [5, 5.41) is 0. The van der Waals surface area contributed by atoms with Gasteiger partial charge in [0.05, 0.1) is 0 Å². The Kier molecular flexibility index (Phi) is 3.47. The predicted octanol–water partition coefficient (Wildman–Crippen LogP) is 3.93. The average molecular weight is 279 g/mol. The number of nitrogens with zero attached hydrogens (tertiary/aromatic N) is 1. The van der Waals surface area contributed by atoms with Gasteiger partial charge in [-0.2, -0.15) is 0 Å². The molecule has 2 aliphatic rings. The Hall–Kier alpha value is -0.940. The van der Waals surface area contributed by atoms with Gasteiger partial charge in [0.2, 0.25) is 0 Å². The van der Waals surface area contributed by atoms with Gasteiger partial charge in [0.1, 0.15) is 0 Å². The highest BCUT2D eigenvalue weighted by Gasteiger charge is 2.48. The van der Waals surface area contributed by atoms with Gasteiger partial charge < -0.3 is 9.64 Å². The molecule has 110 valence electrons. The molecule has 1 amide bonds. The topological polar surface area (TPSA) is 29.5 Å². The Balaban J connectivity index is 2.05. The molecule has 2 rings (SSSR count).